The molecule has 2 rings (SSSR count). The Hall–Kier alpha value is -1.63. The van der Waals surface area contributed by atoms with E-state index in [0.29, 0.717) is 11.8 Å². The summed E-state index contributed by atoms with van der Waals surface area (Å²) in [5.41, 5.74) is 2.77. The molecule has 0 aliphatic carbocycles. The van der Waals surface area contributed by atoms with Crippen LogP contribution in [0.15, 0.2) is 54.9 Å². The molecular formula is C17H22N+. The average molecular weight is 240 g/mol. The van der Waals surface area contributed by atoms with Crippen LogP contribution in [0.5, 0.6) is 0 Å². The van der Waals surface area contributed by atoms with Gasteiger partial charge in [-0.2, -0.15) is 0 Å². The molecule has 1 aromatic carbocycles. The van der Waals surface area contributed by atoms with Crippen molar-refractivity contribution in [3.8, 4) is 0 Å². The van der Waals surface area contributed by atoms with Crippen molar-refractivity contribution in [1.29, 1.82) is 0 Å². The standard InChI is InChI=1S/C17H22N/c1-14(2)15(3)17-9-11-18(12-10-17)13-16-7-5-4-6-8-16/h4-12,14-15H,13H2,1-3H3/q+1. The van der Waals surface area contributed by atoms with Gasteiger partial charge in [-0.1, -0.05) is 51.1 Å². The molecule has 1 aromatic heterocycles. The van der Waals surface area contributed by atoms with Crippen LogP contribution in [-0.2, 0) is 6.54 Å². The maximum atomic E-state index is 2.29. The fraction of sp³-hybridized carbons (Fsp3) is 0.353. The summed E-state index contributed by atoms with van der Waals surface area (Å²) in [4.78, 5) is 0. The summed E-state index contributed by atoms with van der Waals surface area (Å²) < 4.78 is 2.23. The van der Waals surface area contributed by atoms with Crippen LogP contribution in [0, 0.1) is 5.92 Å². The lowest BCUT2D eigenvalue weighted by atomic mass is 9.91. The molecule has 18 heavy (non-hydrogen) atoms. The van der Waals surface area contributed by atoms with Crippen molar-refractivity contribution >= 4 is 0 Å². The fourth-order valence-corrected chi connectivity index (χ4v) is 2.06. The summed E-state index contributed by atoms with van der Waals surface area (Å²) in [7, 11) is 0. The molecule has 1 atom stereocenters. The van der Waals surface area contributed by atoms with E-state index in [1.165, 1.54) is 11.1 Å². The number of benzene rings is 1. The van der Waals surface area contributed by atoms with Crippen LogP contribution in [0.25, 0.3) is 0 Å². The van der Waals surface area contributed by atoms with Crippen LogP contribution in [0.2, 0.25) is 0 Å². The number of nitrogens with zero attached hydrogens (tertiary/aromatic N) is 1. The molecule has 0 saturated heterocycles. The molecule has 1 unspecified atom stereocenters. The summed E-state index contributed by atoms with van der Waals surface area (Å²) in [5, 5.41) is 0. The van der Waals surface area contributed by atoms with Gasteiger partial charge in [-0.25, -0.2) is 4.57 Å². The number of hydrogen-bond donors (Lipinski definition) is 0. The molecule has 1 nitrogen and oxygen atoms in total. The topological polar surface area (TPSA) is 3.88 Å². The summed E-state index contributed by atoms with van der Waals surface area (Å²) in [5.74, 6) is 1.31. The van der Waals surface area contributed by atoms with Crippen LogP contribution in [0.1, 0.15) is 37.8 Å². The Labute approximate surface area is 110 Å². The minimum Gasteiger partial charge on any atom is -0.201 e. The fourth-order valence-electron chi connectivity index (χ4n) is 2.06. The maximum absolute atomic E-state index is 2.29. The SMILES string of the molecule is CC(C)C(C)c1cc[n+](Cc2ccccc2)cc1. The first-order valence-corrected chi connectivity index (χ1v) is 6.69. The smallest absolute Gasteiger partial charge is 0.173 e. The Morgan fingerprint density at radius 1 is 0.889 bits per heavy atom. The van der Waals surface area contributed by atoms with Gasteiger partial charge in [-0.15, -0.1) is 0 Å². The van der Waals surface area contributed by atoms with Crippen LogP contribution in [0.4, 0.5) is 0 Å². The zero-order valence-electron chi connectivity index (χ0n) is 11.5. The van der Waals surface area contributed by atoms with Gasteiger partial charge in [0.2, 0.25) is 0 Å². The van der Waals surface area contributed by atoms with E-state index in [1.54, 1.807) is 0 Å². The molecule has 0 N–H and O–H groups in total. The van der Waals surface area contributed by atoms with Gasteiger partial charge in [0.05, 0.1) is 0 Å². The van der Waals surface area contributed by atoms with Crippen LogP contribution < -0.4 is 4.57 Å². The molecular weight excluding hydrogens is 218 g/mol. The molecule has 0 amide bonds. The molecule has 0 fully saturated rings. The quantitative estimate of drug-likeness (QED) is 0.716. The average Bonchev–Trinajstić information content (AvgIpc) is 2.40. The first kappa shape index (κ1) is 12.8. The highest BCUT2D eigenvalue weighted by Gasteiger charge is 2.11. The van der Waals surface area contributed by atoms with Gasteiger partial charge in [0.1, 0.15) is 0 Å². The normalized spacial score (nSPS) is 12.7. The van der Waals surface area contributed by atoms with Crippen molar-refractivity contribution < 1.29 is 4.57 Å². The van der Waals surface area contributed by atoms with Gasteiger partial charge in [-0.05, 0) is 17.4 Å². The Bertz CT molecular complexity index is 471. The van der Waals surface area contributed by atoms with Crippen molar-refractivity contribution in [3.05, 3.63) is 66.0 Å². The van der Waals surface area contributed by atoms with E-state index < -0.39 is 0 Å². The molecule has 2 aromatic rings. The van der Waals surface area contributed by atoms with Crippen LogP contribution in [-0.4, -0.2) is 0 Å². The van der Waals surface area contributed by atoms with E-state index in [4.69, 9.17) is 0 Å². The molecule has 1 heteroatoms. The number of aromatic nitrogens is 1. The predicted molar refractivity (Wildman–Crippen MR) is 75.4 cm³/mol. The minimum absolute atomic E-state index is 0.622. The van der Waals surface area contributed by atoms with Crippen LogP contribution >= 0.6 is 0 Å². The van der Waals surface area contributed by atoms with E-state index in [0.717, 1.165) is 6.54 Å². The Morgan fingerprint density at radius 2 is 1.50 bits per heavy atom. The van der Waals surface area contributed by atoms with Gasteiger partial charge in [0.25, 0.3) is 0 Å². The van der Waals surface area contributed by atoms with Gasteiger partial charge in [-0.3, -0.25) is 0 Å². The highest BCUT2D eigenvalue weighted by Crippen LogP contribution is 2.22. The van der Waals surface area contributed by atoms with Crippen molar-refractivity contribution in [2.75, 3.05) is 0 Å². The summed E-state index contributed by atoms with van der Waals surface area (Å²) >= 11 is 0. The van der Waals surface area contributed by atoms with E-state index >= 15 is 0 Å². The van der Waals surface area contributed by atoms with Gasteiger partial charge in [0.15, 0.2) is 18.9 Å². The Morgan fingerprint density at radius 3 is 2.06 bits per heavy atom. The summed E-state index contributed by atoms with van der Waals surface area (Å²) in [6.07, 6.45) is 4.36. The predicted octanol–water partition coefficient (Wildman–Crippen LogP) is 3.78. The number of hydrogen-bond acceptors (Lipinski definition) is 0. The van der Waals surface area contributed by atoms with Crippen molar-refractivity contribution in [3.63, 3.8) is 0 Å². The van der Waals surface area contributed by atoms with E-state index in [-0.39, 0.29) is 0 Å². The highest BCUT2D eigenvalue weighted by atomic mass is 14.9. The number of rotatable bonds is 4. The third kappa shape index (κ3) is 3.19. The minimum atomic E-state index is 0.622. The molecule has 1 heterocycles. The Kier molecular flexibility index (Phi) is 4.14. The second kappa shape index (κ2) is 5.81. The number of pyridine rings is 1. The molecule has 0 radical (unpaired) electrons. The molecule has 0 aliphatic rings. The lowest BCUT2D eigenvalue weighted by Crippen LogP contribution is -2.33. The lowest BCUT2D eigenvalue weighted by molar-refractivity contribution is -0.688. The van der Waals surface area contributed by atoms with E-state index in [2.05, 4.69) is 80.2 Å². The van der Waals surface area contributed by atoms with Crippen molar-refractivity contribution in [2.24, 2.45) is 5.92 Å². The van der Waals surface area contributed by atoms with E-state index in [9.17, 15) is 0 Å². The largest absolute Gasteiger partial charge is 0.201 e. The molecule has 0 saturated carbocycles. The van der Waals surface area contributed by atoms with Gasteiger partial charge in [0, 0.05) is 17.7 Å². The second-order valence-electron chi connectivity index (χ2n) is 5.32. The third-order valence-electron chi connectivity index (χ3n) is 3.65. The Balaban J connectivity index is 2.09. The first-order chi connectivity index (χ1) is 8.66. The highest BCUT2D eigenvalue weighted by molar-refractivity contribution is 5.15. The lowest BCUT2D eigenvalue weighted by Gasteiger charge is -2.14. The maximum Gasteiger partial charge on any atom is 0.173 e. The molecule has 0 spiro atoms. The van der Waals surface area contributed by atoms with Crippen molar-refractivity contribution in [2.45, 2.75) is 33.2 Å². The summed E-state index contributed by atoms with van der Waals surface area (Å²) in [6, 6.07) is 15.0. The third-order valence-corrected chi connectivity index (χ3v) is 3.65. The summed E-state index contributed by atoms with van der Waals surface area (Å²) in [6.45, 7) is 7.78. The zero-order valence-corrected chi connectivity index (χ0v) is 11.5. The first-order valence-electron chi connectivity index (χ1n) is 6.69. The van der Waals surface area contributed by atoms with E-state index in [1.807, 2.05) is 0 Å². The molecule has 0 bridgehead atoms. The van der Waals surface area contributed by atoms with Crippen LogP contribution in [0.3, 0.4) is 0 Å². The molecule has 94 valence electrons. The monoisotopic (exact) mass is 240 g/mol. The van der Waals surface area contributed by atoms with Gasteiger partial charge < -0.3 is 0 Å². The second-order valence-corrected chi connectivity index (χ2v) is 5.32. The van der Waals surface area contributed by atoms with Gasteiger partial charge >= 0.3 is 0 Å². The van der Waals surface area contributed by atoms with Crippen molar-refractivity contribution in [1.82, 2.24) is 0 Å². The zero-order chi connectivity index (χ0) is 13.0. The molecule has 0 aliphatic heterocycles.